The van der Waals surface area contributed by atoms with E-state index < -0.39 is 17.6 Å². The molecule has 0 aliphatic heterocycles. The van der Waals surface area contributed by atoms with E-state index in [0.717, 1.165) is 5.56 Å². The van der Waals surface area contributed by atoms with Gasteiger partial charge in [0.1, 0.15) is 11.6 Å². The molecule has 0 spiro atoms. The Bertz CT molecular complexity index is 780. The van der Waals surface area contributed by atoms with Crippen molar-refractivity contribution in [3.05, 3.63) is 58.4 Å². The molecule has 0 aliphatic carbocycles. The minimum absolute atomic E-state index is 0.0876. The van der Waals surface area contributed by atoms with Crippen molar-refractivity contribution in [2.75, 3.05) is 12.4 Å². The molecule has 2 aromatic carbocycles. The SMILES string of the molecule is COc1cc(Cl)c(C)cc1NC(=O)C(=O)NCc1ccccc1F. The van der Waals surface area contributed by atoms with Gasteiger partial charge in [-0.3, -0.25) is 9.59 Å². The predicted octanol–water partition coefficient (Wildman–Crippen LogP) is 3.05. The van der Waals surface area contributed by atoms with Crippen LogP contribution < -0.4 is 15.4 Å². The average molecular weight is 351 g/mol. The second kappa shape index (κ2) is 7.79. The zero-order valence-electron chi connectivity index (χ0n) is 13.2. The van der Waals surface area contributed by atoms with E-state index in [1.807, 2.05) is 0 Å². The molecule has 24 heavy (non-hydrogen) atoms. The molecular weight excluding hydrogens is 335 g/mol. The fourth-order valence-corrected chi connectivity index (χ4v) is 2.16. The van der Waals surface area contributed by atoms with Crippen LogP contribution in [0.2, 0.25) is 5.02 Å². The van der Waals surface area contributed by atoms with E-state index in [2.05, 4.69) is 10.6 Å². The summed E-state index contributed by atoms with van der Waals surface area (Å²) in [5, 5.41) is 5.30. The Morgan fingerprint density at radius 2 is 1.92 bits per heavy atom. The third kappa shape index (κ3) is 4.23. The molecule has 7 heteroatoms. The quantitative estimate of drug-likeness (QED) is 0.833. The van der Waals surface area contributed by atoms with E-state index >= 15 is 0 Å². The van der Waals surface area contributed by atoms with Crippen LogP contribution in [0.5, 0.6) is 5.75 Å². The number of amides is 2. The van der Waals surface area contributed by atoms with E-state index in [-0.39, 0.29) is 6.54 Å². The minimum atomic E-state index is -0.883. The smallest absolute Gasteiger partial charge is 0.313 e. The van der Waals surface area contributed by atoms with Crippen LogP contribution in [0.3, 0.4) is 0 Å². The number of halogens is 2. The summed E-state index contributed by atoms with van der Waals surface area (Å²) in [4.78, 5) is 23.8. The summed E-state index contributed by atoms with van der Waals surface area (Å²) in [7, 11) is 1.43. The number of methoxy groups -OCH3 is 1. The van der Waals surface area contributed by atoms with Crippen molar-refractivity contribution >= 4 is 29.1 Å². The fraction of sp³-hybridized carbons (Fsp3) is 0.176. The van der Waals surface area contributed by atoms with Crippen molar-refractivity contribution in [2.24, 2.45) is 0 Å². The lowest BCUT2D eigenvalue weighted by atomic mass is 10.2. The molecule has 0 aliphatic rings. The van der Waals surface area contributed by atoms with Crippen LogP contribution in [0, 0.1) is 12.7 Å². The highest BCUT2D eigenvalue weighted by atomic mass is 35.5. The lowest BCUT2D eigenvalue weighted by Gasteiger charge is -2.12. The summed E-state index contributed by atoms with van der Waals surface area (Å²) in [5.74, 6) is -1.88. The highest BCUT2D eigenvalue weighted by Gasteiger charge is 2.17. The second-order valence-electron chi connectivity index (χ2n) is 5.03. The summed E-state index contributed by atoms with van der Waals surface area (Å²) >= 11 is 5.99. The Morgan fingerprint density at radius 1 is 1.21 bits per heavy atom. The standard InChI is InChI=1S/C17H16ClFN2O3/c1-10-7-14(15(24-2)8-12(10)18)21-17(23)16(22)20-9-11-5-3-4-6-13(11)19/h3-8H,9H2,1-2H3,(H,20,22)(H,21,23). The van der Waals surface area contributed by atoms with Gasteiger partial charge >= 0.3 is 11.8 Å². The number of aryl methyl sites for hydroxylation is 1. The van der Waals surface area contributed by atoms with Crippen molar-refractivity contribution in [1.29, 1.82) is 0 Å². The molecule has 0 saturated heterocycles. The van der Waals surface area contributed by atoms with Crippen LogP contribution >= 0.6 is 11.6 Å². The number of carbonyl (C=O) groups is 2. The largest absolute Gasteiger partial charge is 0.495 e. The van der Waals surface area contributed by atoms with Crippen LogP contribution in [-0.4, -0.2) is 18.9 Å². The first-order chi connectivity index (χ1) is 11.4. The average Bonchev–Trinajstić information content (AvgIpc) is 2.56. The first-order valence-electron chi connectivity index (χ1n) is 7.09. The topological polar surface area (TPSA) is 67.4 Å². The second-order valence-corrected chi connectivity index (χ2v) is 5.44. The maximum absolute atomic E-state index is 13.5. The molecular formula is C17H16ClFN2O3. The van der Waals surface area contributed by atoms with Gasteiger partial charge in [-0.25, -0.2) is 4.39 Å². The zero-order chi connectivity index (χ0) is 17.7. The van der Waals surface area contributed by atoms with Crippen molar-refractivity contribution < 1.29 is 18.7 Å². The number of carbonyl (C=O) groups excluding carboxylic acids is 2. The number of nitrogens with one attached hydrogen (secondary N) is 2. The molecule has 2 amide bonds. The van der Waals surface area contributed by atoms with Gasteiger partial charge in [0, 0.05) is 23.2 Å². The highest BCUT2D eigenvalue weighted by molar-refractivity contribution is 6.40. The van der Waals surface area contributed by atoms with E-state index in [1.54, 1.807) is 31.2 Å². The molecule has 0 atom stereocenters. The molecule has 0 bridgehead atoms. The maximum atomic E-state index is 13.5. The van der Waals surface area contributed by atoms with Gasteiger partial charge in [0.05, 0.1) is 12.8 Å². The Morgan fingerprint density at radius 3 is 2.58 bits per heavy atom. The van der Waals surface area contributed by atoms with E-state index in [4.69, 9.17) is 16.3 Å². The van der Waals surface area contributed by atoms with Gasteiger partial charge in [-0.05, 0) is 24.6 Å². The fourth-order valence-electron chi connectivity index (χ4n) is 2.01. The van der Waals surface area contributed by atoms with E-state index in [1.165, 1.54) is 19.2 Å². The third-order valence-electron chi connectivity index (χ3n) is 3.33. The molecule has 0 aromatic heterocycles. The van der Waals surface area contributed by atoms with Crippen molar-refractivity contribution in [3.8, 4) is 5.75 Å². The molecule has 0 radical (unpaired) electrons. The summed E-state index contributed by atoms with van der Waals surface area (Å²) in [6.45, 7) is 1.67. The molecule has 2 aromatic rings. The molecule has 0 unspecified atom stereocenters. The number of anilines is 1. The summed E-state index contributed by atoms with van der Waals surface area (Å²) in [5.41, 5.74) is 1.34. The lowest BCUT2D eigenvalue weighted by molar-refractivity contribution is -0.136. The van der Waals surface area contributed by atoms with Gasteiger partial charge in [-0.1, -0.05) is 29.8 Å². The van der Waals surface area contributed by atoms with Gasteiger partial charge in [-0.2, -0.15) is 0 Å². The monoisotopic (exact) mass is 350 g/mol. The molecule has 126 valence electrons. The van der Waals surface area contributed by atoms with Crippen LogP contribution in [0.15, 0.2) is 36.4 Å². The Balaban J connectivity index is 2.03. The van der Waals surface area contributed by atoms with Crippen molar-refractivity contribution in [1.82, 2.24) is 5.32 Å². The van der Waals surface area contributed by atoms with Crippen molar-refractivity contribution in [3.63, 3.8) is 0 Å². The lowest BCUT2D eigenvalue weighted by Crippen LogP contribution is -2.35. The van der Waals surface area contributed by atoms with E-state index in [9.17, 15) is 14.0 Å². The predicted molar refractivity (Wildman–Crippen MR) is 89.6 cm³/mol. The van der Waals surface area contributed by atoms with Gasteiger partial charge in [-0.15, -0.1) is 0 Å². The third-order valence-corrected chi connectivity index (χ3v) is 3.74. The van der Waals surface area contributed by atoms with Crippen LogP contribution in [-0.2, 0) is 16.1 Å². The Hall–Kier alpha value is -2.60. The number of ether oxygens (including phenoxy) is 1. The Labute approximate surface area is 143 Å². The highest BCUT2D eigenvalue weighted by Crippen LogP contribution is 2.30. The van der Waals surface area contributed by atoms with E-state index in [0.29, 0.717) is 22.0 Å². The maximum Gasteiger partial charge on any atom is 0.313 e. The normalized spacial score (nSPS) is 10.2. The van der Waals surface area contributed by atoms with Gasteiger partial charge < -0.3 is 15.4 Å². The molecule has 0 saturated carbocycles. The molecule has 2 rings (SSSR count). The molecule has 2 N–H and O–H groups in total. The van der Waals surface area contributed by atoms with Gasteiger partial charge in [0.25, 0.3) is 0 Å². The van der Waals surface area contributed by atoms with Crippen LogP contribution in [0.1, 0.15) is 11.1 Å². The number of benzene rings is 2. The van der Waals surface area contributed by atoms with Crippen LogP contribution in [0.25, 0.3) is 0 Å². The summed E-state index contributed by atoms with van der Waals surface area (Å²) in [6.07, 6.45) is 0. The van der Waals surface area contributed by atoms with Gasteiger partial charge in [0.2, 0.25) is 0 Å². The Kier molecular flexibility index (Phi) is 5.76. The molecule has 0 heterocycles. The summed E-state index contributed by atoms with van der Waals surface area (Å²) in [6, 6.07) is 9.14. The number of hydrogen-bond acceptors (Lipinski definition) is 3. The summed E-state index contributed by atoms with van der Waals surface area (Å²) < 4.78 is 18.6. The first kappa shape index (κ1) is 17.7. The van der Waals surface area contributed by atoms with Gasteiger partial charge in [0.15, 0.2) is 0 Å². The zero-order valence-corrected chi connectivity index (χ0v) is 13.9. The van der Waals surface area contributed by atoms with Crippen LogP contribution in [0.4, 0.5) is 10.1 Å². The van der Waals surface area contributed by atoms with Crippen molar-refractivity contribution in [2.45, 2.75) is 13.5 Å². The first-order valence-corrected chi connectivity index (χ1v) is 7.47. The molecule has 0 fully saturated rings. The number of hydrogen-bond donors (Lipinski definition) is 2. The molecule has 5 nitrogen and oxygen atoms in total. The number of rotatable bonds is 4. The minimum Gasteiger partial charge on any atom is -0.495 e.